The number of aryl methyl sites for hydroxylation is 2. The molecule has 1 aromatic heterocycles. The monoisotopic (exact) mass is 413 g/mol. The first kappa shape index (κ1) is 19.4. The van der Waals surface area contributed by atoms with Crippen molar-refractivity contribution in [1.82, 2.24) is 9.88 Å². The van der Waals surface area contributed by atoms with Crippen LogP contribution < -0.4 is 5.32 Å². The fourth-order valence-electron chi connectivity index (χ4n) is 4.51. The molecule has 0 saturated heterocycles. The number of rotatable bonds is 2. The van der Waals surface area contributed by atoms with Crippen LogP contribution in [0.15, 0.2) is 66.7 Å². The van der Waals surface area contributed by atoms with Gasteiger partial charge in [0.05, 0.1) is 6.04 Å². The van der Waals surface area contributed by atoms with Crippen LogP contribution in [0, 0.1) is 19.7 Å². The Kier molecular flexibility index (Phi) is 4.74. The van der Waals surface area contributed by atoms with Crippen molar-refractivity contribution in [2.24, 2.45) is 0 Å². The lowest BCUT2D eigenvalue weighted by atomic mass is 9.92. The Morgan fingerprint density at radius 1 is 1.06 bits per heavy atom. The molecular weight excluding hydrogens is 389 g/mol. The van der Waals surface area contributed by atoms with Gasteiger partial charge >= 0.3 is 6.03 Å². The summed E-state index contributed by atoms with van der Waals surface area (Å²) >= 11 is 0. The van der Waals surface area contributed by atoms with Gasteiger partial charge in [0.15, 0.2) is 0 Å². The van der Waals surface area contributed by atoms with Crippen molar-refractivity contribution in [3.63, 3.8) is 0 Å². The van der Waals surface area contributed by atoms with Crippen molar-refractivity contribution < 1.29 is 9.18 Å². The van der Waals surface area contributed by atoms with Crippen LogP contribution in [-0.4, -0.2) is 22.5 Å². The van der Waals surface area contributed by atoms with Gasteiger partial charge in [-0.3, -0.25) is 0 Å². The molecule has 2 amide bonds. The Morgan fingerprint density at radius 3 is 2.65 bits per heavy atom. The molecule has 0 saturated carbocycles. The third-order valence-corrected chi connectivity index (χ3v) is 6.12. The van der Waals surface area contributed by atoms with Gasteiger partial charge in [-0.2, -0.15) is 0 Å². The van der Waals surface area contributed by atoms with Crippen molar-refractivity contribution >= 4 is 22.6 Å². The number of anilines is 1. The second-order valence-corrected chi connectivity index (χ2v) is 8.21. The first-order valence-corrected chi connectivity index (χ1v) is 10.5. The van der Waals surface area contributed by atoms with Crippen LogP contribution in [-0.2, 0) is 6.42 Å². The number of benzene rings is 3. The number of hydrogen-bond acceptors (Lipinski definition) is 1. The summed E-state index contributed by atoms with van der Waals surface area (Å²) in [5.41, 5.74) is 7.07. The van der Waals surface area contributed by atoms with Crippen LogP contribution in [0.3, 0.4) is 0 Å². The number of halogens is 1. The molecule has 3 aromatic carbocycles. The Labute approximate surface area is 180 Å². The molecule has 2 heterocycles. The van der Waals surface area contributed by atoms with E-state index >= 15 is 0 Å². The number of aromatic nitrogens is 1. The van der Waals surface area contributed by atoms with Crippen molar-refractivity contribution in [2.45, 2.75) is 26.3 Å². The molecule has 5 heteroatoms. The molecule has 2 N–H and O–H groups in total. The fraction of sp³-hybridized carbons (Fsp3) is 0.192. The highest BCUT2D eigenvalue weighted by atomic mass is 19.1. The number of carbonyl (C=O) groups is 1. The van der Waals surface area contributed by atoms with Gasteiger partial charge in [-0.05, 0) is 66.8 Å². The number of urea groups is 1. The molecule has 1 aliphatic heterocycles. The number of nitrogens with zero attached hydrogens (tertiary/aromatic N) is 1. The topological polar surface area (TPSA) is 48.1 Å². The number of H-pyrrole nitrogens is 1. The quantitative estimate of drug-likeness (QED) is 0.410. The summed E-state index contributed by atoms with van der Waals surface area (Å²) in [6.45, 7) is 4.57. The molecule has 0 fully saturated rings. The highest BCUT2D eigenvalue weighted by Crippen LogP contribution is 2.38. The van der Waals surface area contributed by atoms with Gasteiger partial charge in [-0.25, -0.2) is 9.18 Å². The first-order chi connectivity index (χ1) is 15.0. The van der Waals surface area contributed by atoms with E-state index in [1.165, 1.54) is 23.1 Å². The Morgan fingerprint density at radius 2 is 1.84 bits per heavy atom. The van der Waals surface area contributed by atoms with E-state index in [4.69, 9.17) is 0 Å². The third-order valence-electron chi connectivity index (χ3n) is 6.12. The van der Waals surface area contributed by atoms with E-state index in [1.54, 1.807) is 12.1 Å². The van der Waals surface area contributed by atoms with E-state index in [2.05, 4.69) is 22.4 Å². The summed E-state index contributed by atoms with van der Waals surface area (Å²) in [5.74, 6) is -0.289. The second-order valence-electron chi connectivity index (χ2n) is 8.21. The van der Waals surface area contributed by atoms with Crippen molar-refractivity contribution in [1.29, 1.82) is 0 Å². The molecule has 0 radical (unpaired) electrons. The van der Waals surface area contributed by atoms with Gasteiger partial charge in [0.25, 0.3) is 0 Å². The number of aromatic amines is 1. The average molecular weight is 413 g/mol. The molecule has 5 rings (SSSR count). The van der Waals surface area contributed by atoms with Crippen LogP contribution in [0.5, 0.6) is 0 Å². The lowest BCUT2D eigenvalue weighted by Gasteiger charge is -2.36. The molecule has 0 bridgehead atoms. The summed E-state index contributed by atoms with van der Waals surface area (Å²) in [6, 6.07) is 20.2. The lowest BCUT2D eigenvalue weighted by molar-refractivity contribution is 0.193. The zero-order valence-electron chi connectivity index (χ0n) is 17.6. The molecule has 1 aliphatic rings. The fourth-order valence-corrected chi connectivity index (χ4v) is 4.51. The third kappa shape index (κ3) is 3.46. The second kappa shape index (κ2) is 7.58. The van der Waals surface area contributed by atoms with Crippen LogP contribution in [0.4, 0.5) is 14.9 Å². The van der Waals surface area contributed by atoms with E-state index in [0.717, 1.165) is 40.0 Å². The highest BCUT2D eigenvalue weighted by molar-refractivity contribution is 5.92. The molecule has 4 aromatic rings. The number of amides is 2. The van der Waals surface area contributed by atoms with Gasteiger partial charge in [0.2, 0.25) is 0 Å². The van der Waals surface area contributed by atoms with Crippen molar-refractivity contribution in [2.75, 3.05) is 11.9 Å². The molecule has 0 spiro atoms. The van der Waals surface area contributed by atoms with Crippen LogP contribution >= 0.6 is 0 Å². The molecule has 31 heavy (non-hydrogen) atoms. The summed E-state index contributed by atoms with van der Waals surface area (Å²) in [6.07, 6.45) is 0.761. The molecule has 156 valence electrons. The van der Waals surface area contributed by atoms with Crippen LogP contribution in [0.1, 0.15) is 34.0 Å². The van der Waals surface area contributed by atoms with Gasteiger partial charge in [-0.1, -0.05) is 42.5 Å². The summed E-state index contributed by atoms with van der Waals surface area (Å²) in [7, 11) is 0. The maximum atomic E-state index is 13.6. The Balaban J connectivity index is 1.58. The molecule has 0 unspecified atom stereocenters. The normalized spacial score (nSPS) is 15.7. The summed E-state index contributed by atoms with van der Waals surface area (Å²) < 4.78 is 13.6. The zero-order chi connectivity index (χ0) is 21.5. The number of hydrogen-bond donors (Lipinski definition) is 2. The van der Waals surface area contributed by atoms with Gasteiger partial charge in [0, 0.05) is 28.8 Å². The number of fused-ring (bicyclic) bond motifs is 3. The lowest BCUT2D eigenvalue weighted by Crippen LogP contribution is -2.43. The van der Waals surface area contributed by atoms with E-state index in [1.807, 2.05) is 49.1 Å². The Hall–Kier alpha value is -3.60. The number of para-hydroxylation sites is 1. The first-order valence-electron chi connectivity index (χ1n) is 10.5. The maximum Gasteiger partial charge on any atom is 0.322 e. The number of carbonyl (C=O) groups excluding carboxylic acids is 1. The van der Waals surface area contributed by atoms with E-state index < -0.39 is 0 Å². The van der Waals surface area contributed by atoms with E-state index in [0.29, 0.717) is 6.54 Å². The molecular formula is C26H24FN3O. The minimum Gasteiger partial charge on any atom is -0.356 e. The molecule has 1 atom stereocenters. The Bertz CT molecular complexity index is 1280. The standard InChI is InChI=1S/C26H24FN3O/c1-16-7-8-17(2)23(15-16)29-26(31)30-14-13-21-20-5-3-4-6-22(20)28-24(21)25(30)18-9-11-19(27)12-10-18/h3-12,15,25,28H,13-14H2,1-2H3,(H,29,31)/t25-/m1/s1. The average Bonchev–Trinajstić information content (AvgIpc) is 3.15. The summed E-state index contributed by atoms with van der Waals surface area (Å²) in [5, 5.41) is 4.28. The zero-order valence-corrected chi connectivity index (χ0v) is 17.6. The summed E-state index contributed by atoms with van der Waals surface area (Å²) in [4.78, 5) is 18.8. The van der Waals surface area contributed by atoms with Gasteiger partial charge < -0.3 is 15.2 Å². The predicted molar refractivity (Wildman–Crippen MR) is 122 cm³/mol. The molecule has 4 nitrogen and oxygen atoms in total. The predicted octanol–water partition coefficient (Wildman–Crippen LogP) is 6.10. The number of nitrogens with one attached hydrogen (secondary N) is 2. The minimum atomic E-state index is -0.318. The van der Waals surface area contributed by atoms with E-state index in [-0.39, 0.29) is 17.9 Å². The van der Waals surface area contributed by atoms with Crippen molar-refractivity contribution in [3.8, 4) is 0 Å². The van der Waals surface area contributed by atoms with Gasteiger partial charge in [-0.15, -0.1) is 0 Å². The minimum absolute atomic E-state index is 0.160. The van der Waals surface area contributed by atoms with Crippen molar-refractivity contribution in [3.05, 3.63) is 100 Å². The van der Waals surface area contributed by atoms with Crippen LogP contribution in [0.25, 0.3) is 10.9 Å². The van der Waals surface area contributed by atoms with Crippen LogP contribution in [0.2, 0.25) is 0 Å². The highest BCUT2D eigenvalue weighted by Gasteiger charge is 2.34. The van der Waals surface area contributed by atoms with Gasteiger partial charge in [0.1, 0.15) is 5.82 Å². The molecule has 0 aliphatic carbocycles. The van der Waals surface area contributed by atoms with E-state index in [9.17, 15) is 9.18 Å². The smallest absolute Gasteiger partial charge is 0.322 e. The SMILES string of the molecule is Cc1ccc(C)c(NC(=O)N2CCc3c([nH]c4ccccc34)[C@H]2c2ccc(F)cc2)c1. The maximum absolute atomic E-state index is 13.6. The largest absolute Gasteiger partial charge is 0.356 e.